The third-order valence-corrected chi connectivity index (χ3v) is 2.95. The Morgan fingerprint density at radius 2 is 1.82 bits per heavy atom. The molecule has 0 saturated carbocycles. The molecule has 64 valence electrons. The van der Waals surface area contributed by atoms with E-state index < -0.39 is 0 Å². The smallest absolute Gasteiger partial charge is 0.0498 e. The lowest BCUT2D eigenvalue weighted by atomic mass is 9.88. The van der Waals surface area contributed by atoms with Gasteiger partial charge in [0.25, 0.3) is 0 Å². The lowest BCUT2D eigenvalue weighted by Crippen LogP contribution is -2.26. The highest BCUT2D eigenvalue weighted by molar-refractivity contribution is 4.77. The summed E-state index contributed by atoms with van der Waals surface area (Å²) in [6, 6.07) is 0. The Bertz CT molecular complexity index is 113. The number of hydrogen-bond donors (Lipinski definition) is 1. The van der Waals surface area contributed by atoms with Gasteiger partial charge in [0.2, 0.25) is 0 Å². The second kappa shape index (κ2) is 3.55. The van der Waals surface area contributed by atoms with Crippen molar-refractivity contribution in [3.63, 3.8) is 0 Å². The Balaban J connectivity index is 1.89. The van der Waals surface area contributed by atoms with Crippen LogP contribution in [0, 0.1) is 11.8 Å². The fourth-order valence-corrected chi connectivity index (χ4v) is 2.18. The number of ether oxygens (including phenoxy) is 1. The summed E-state index contributed by atoms with van der Waals surface area (Å²) in [6.07, 6.45) is 4.03. The molecule has 2 heteroatoms. The van der Waals surface area contributed by atoms with Crippen molar-refractivity contribution >= 4 is 0 Å². The van der Waals surface area contributed by atoms with E-state index >= 15 is 0 Å². The van der Waals surface area contributed by atoms with E-state index in [-0.39, 0.29) is 0 Å². The zero-order chi connectivity index (χ0) is 7.52. The molecule has 2 saturated heterocycles. The third kappa shape index (κ3) is 1.74. The maximum atomic E-state index is 5.47. The largest absolute Gasteiger partial charge is 0.381 e. The van der Waals surface area contributed by atoms with E-state index in [1.807, 2.05) is 0 Å². The molecule has 2 aliphatic heterocycles. The summed E-state index contributed by atoms with van der Waals surface area (Å²) in [5, 5.41) is 3.44. The SMILES string of the molecule is C1CNCCC2COCC2C1. The topological polar surface area (TPSA) is 21.3 Å². The van der Waals surface area contributed by atoms with Crippen LogP contribution in [0.5, 0.6) is 0 Å². The van der Waals surface area contributed by atoms with Gasteiger partial charge in [-0.3, -0.25) is 0 Å². The molecule has 2 unspecified atom stereocenters. The number of nitrogens with one attached hydrogen (secondary N) is 1. The molecule has 0 aromatic carbocycles. The zero-order valence-corrected chi connectivity index (χ0v) is 7.01. The van der Waals surface area contributed by atoms with Crippen LogP contribution in [0.25, 0.3) is 0 Å². The quantitative estimate of drug-likeness (QED) is 0.564. The van der Waals surface area contributed by atoms with Crippen molar-refractivity contribution in [2.45, 2.75) is 19.3 Å². The van der Waals surface area contributed by atoms with Crippen LogP contribution >= 0.6 is 0 Å². The van der Waals surface area contributed by atoms with Crippen LogP contribution in [0.3, 0.4) is 0 Å². The van der Waals surface area contributed by atoms with Gasteiger partial charge in [-0.15, -0.1) is 0 Å². The molecular formula is C9H17NO. The Labute approximate surface area is 68.3 Å². The first-order chi connectivity index (χ1) is 5.47. The summed E-state index contributed by atoms with van der Waals surface area (Å²) < 4.78 is 5.47. The summed E-state index contributed by atoms with van der Waals surface area (Å²) in [7, 11) is 0. The van der Waals surface area contributed by atoms with E-state index in [0.717, 1.165) is 25.0 Å². The minimum Gasteiger partial charge on any atom is -0.381 e. The monoisotopic (exact) mass is 155 g/mol. The van der Waals surface area contributed by atoms with E-state index in [1.165, 1.54) is 32.4 Å². The predicted octanol–water partition coefficient (Wildman–Crippen LogP) is 1.02. The first-order valence-corrected chi connectivity index (χ1v) is 4.75. The molecule has 2 nitrogen and oxygen atoms in total. The Morgan fingerprint density at radius 1 is 1.00 bits per heavy atom. The highest BCUT2D eigenvalue weighted by Gasteiger charge is 2.27. The van der Waals surface area contributed by atoms with Gasteiger partial charge in [0, 0.05) is 13.2 Å². The number of fused-ring (bicyclic) bond motifs is 1. The van der Waals surface area contributed by atoms with Gasteiger partial charge in [-0.1, -0.05) is 0 Å². The zero-order valence-electron chi connectivity index (χ0n) is 7.01. The molecule has 0 aliphatic carbocycles. The van der Waals surface area contributed by atoms with Gasteiger partial charge in [0.1, 0.15) is 0 Å². The van der Waals surface area contributed by atoms with E-state index in [2.05, 4.69) is 5.32 Å². The molecule has 2 fully saturated rings. The van der Waals surface area contributed by atoms with E-state index in [1.54, 1.807) is 0 Å². The molecule has 2 rings (SSSR count). The summed E-state index contributed by atoms with van der Waals surface area (Å²) in [4.78, 5) is 0. The molecule has 0 radical (unpaired) electrons. The van der Waals surface area contributed by atoms with Crippen LogP contribution in [-0.4, -0.2) is 26.3 Å². The minimum absolute atomic E-state index is 0.864. The third-order valence-electron chi connectivity index (χ3n) is 2.95. The average Bonchev–Trinajstić information content (AvgIpc) is 2.35. The second-order valence-electron chi connectivity index (χ2n) is 3.74. The summed E-state index contributed by atoms with van der Waals surface area (Å²) >= 11 is 0. The van der Waals surface area contributed by atoms with Crippen LogP contribution in [0.1, 0.15) is 19.3 Å². The first kappa shape index (κ1) is 7.56. The average molecular weight is 155 g/mol. The molecule has 0 amide bonds. The van der Waals surface area contributed by atoms with Crippen molar-refractivity contribution in [2.24, 2.45) is 11.8 Å². The molecule has 0 bridgehead atoms. The van der Waals surface area contributed by atoms with E-state index in [4.69, 9.17) is 4.74 Å². The van der Waals surface area contributed by atoms with Gasteiger partial charge in [0.15, 0.2) is 0 Å². The fraction of sp³-hybridized carbons (Fsp3) is 1.00. The van der Waals surface area contributed by atoms with Gasteiger partial charge in [-0.05, 0) is 44.2 Å². The summed E-state index contributed by atoms with van der Waals surface area (Å²) in [5.41, 5.74) is 0. The Morgan fingerprint density at radius 3 is 2.73 bits per heavy atom. The first-order valence-electron chi connectivity index (χ1n) is 4.75. The second-order valence-corrected chi connectivity index (χ2v) is 3.74. The highest BCUT2D eigenvalue weighted by Crippen LogP contribution is 2.28. The van der Waals surface area contributed by atoms with Gasteiger partial charge in [0.05, 0.1) is 0 Å². The standard InChI is InChI=1S/C9H17NO/c1-2-8-6-11-7-9(8)3-5-10-4-1/h8-10H,1-7H2. The van der Waals surface area contributed by atoms with E-state index in [9.17, 15) is 0 Å². The van der Waals surface area contributed by atoms with Crippen molar-refractivity contribution in [1.29, 1.82) is 0 Å². The molecule has 2 heterocycles. The van der Waals surface area contributed by atoms with Crippen LogP contribution in [0.15, 0.2) is 0 Å². The van der Waals surface area contributed by atoms with Crippen molar-refractivity contribution in [3.05, 3.63) is 0 Å². The Hall–Kier alpha value is -0.0800. The van der Waals surface area contributed by atoms with Gasteiger partial charge in [-0.25, -0.2) is 0 Å². The normalized spacial score (nSPS) is 39.3. The maximum Gasteiger partial charge on any atom is 0.0498 e. The molecule has 11 heavy (non-hydrogen) atoms. The van der Waals surface area contributed by atoms with Crippen LogP contribution in [0.4, 0.5) is 0 Å². The van der Waals surface area contributed by atoms with Gasteiger partial charge in [-0.2, -0.15) is 0 Å². The van der Waals surface area contributed by atoms with Gasteiger partial charge >= 0.3 is 0 Å². The van der Waals surface area contributed by atoms with Crippen LogP contribution in [-0.2, 0) is 4.74 Å². The summed E-state index contributed by atoms with van der Waals surface area (Å²) in [5.74, 6) is 1.75. The molecule has 1 N–H and O–H groups in total. The Kier molecular flexibility index (Phi) is 2.44. The highest BCUT2D eigenvalue weighted by atomic mass is 16.5. The van der Waals surface area contributed by atoms with Crippen molar-refractivity contribution < 1.29 is 4.74 Å². The number of rotatable bonds is 0. The minimum atomic E-state index is 0.864. The fourth-order valence-electron chi connectivity index (χ4n) is 2.18. The lowest BCUT2D eigenvalue weighted by molar-refractivity contribution is 0.179. The maximum absolute atomic E-state index is 5.47. The molecule has 0 aromatic heterocycles. The van der Waals surface area contributed by atoms with E-state index in [0.29, 0.717) is 0 Å². The van der Waals surface area contributed by atoms with Crippen LogP contribution < -0.4 is 5.32 Å². The van der Waals surface area contributed by atoms with Crippen molar-refractivity contribution in [3.8, 4) is 0 Å². The predicted molar refractivity (Wildman–Crippen MR) is 44.5 cm³/mol. The lowest BCUT2D eigenvalue weighted by Gasteiger charge is -2.20. The molecule has 2 aliphatic rings. The van der Waals surface area contributed by atoms with Gasteiger partial charge < -0.3 is 10.1 Å². The molecule has 2 atom stereocenters. The van der Waals surface area contributed by atoms with Crippen LogP contribution in [0.2, 0.25) is 0 Å². The molecule has 0 aromatic rings. The van der Waals surface area contributed by atoms with Crippen molar-refractivity contribution in [2.75, 3.05) is 26.3 Å². The van der Waals surface area contributed by atoms with Crippen molar-refractivity contribution in [1.82, 2.24) is 5.32 Å². The molecule has 0 spiro atoms. The number of hydrogen-bond acceptors (Lipinski definition) is 2. The summed E-state index contributed by atoms with van der Waals surface area (Å²) in [6.45, 7) is 4.46. The molecular weight excluding hydrogens is 138 g/mol.